The van der Waals surface area contributed by atoms with E-state index in [2.05, 4.69) is 31.2 Å². The zero-order chi connectivity index (χ0) is 26.9. The molecule has 38 heavy (non-hydrogen) atoms. The Bertz CT molecular complexity index is 948. The maximum absolute atomic E-state index is 11.7. The van der Waals surface area contributed by atoms with Gasteiger partial charge in [0.15, 0.2) is 0 Å². The maximum Gasteiger partial charge on any atom is 0.122 e. The number of aromatic hydroxyl groups is 2. The first-order valence-corrected chi connectivity index (χ1v) is 16.5. The van der Waals surface area contributed by atoms with Gasteiger partial charge < -0.3 is 10.2 Å². The van der Waals surface area contributed by atoms with Gasteiger partial charge in [0.05, 0.1) is 0 Å². The van der Waals surface area contributed by atoms with Crippen molar-refractivity contribution in [2.24, 2.45) is 0 Å². The summed E-state index contributed by atoms with van der Waals surface area (Å²) < 4.78 is 0. The molecule has 2 aromatic rings. The molecule has 0 heterocycles. The SMILES string of the molecule is CCCCCCCCCC(c1cc(S)cc(C2CCCCC2)c1O)c1cc(S)cc(C2CCCCC2)c1O. The lowest BCUT2D eigenvalue weighted by Crippen LogP contribution is -2.10. The van der Waals surface area contributed by atoms with E-state index in [1.54, 1.807) is 0 Å². The highest BCUT2D eigenvalue weighted by Gasteiger charge is 2.29. The minimum atomic E-state index is -0.0606. The number of phenolic OH excluding ortho intramolecular Hbond substituents is 2. The van der Waals surface area contributed by atoms with Gasteiger partial charge in [0.2, 0.25) is 0 Å². The zero-order valence-electron chi connectivity index (χ0n) is 23.6. The zero-order valence-corrected chi connectivity index (χ0v) is 25.3. The molecule has 2 saturated carbocycles. The summed E-state index contributed by atoms with van der Waals surface area (Å²) in [5.41, 5.74) is 4.00. The average molecular weight is 555 g/mol. The highest BCUT2D eigenvalue weighted by molar-refractivity contribution is 7.80. The average Bonchev–Trinajstić information content (AvgIpc) is 2.94. The minimum Gasteiger partial charge on any atom is -0.507 e. The topological polar surface area (TPSA) is 40.5 Å². The fraction of sp³-hybridized carbons (Fsp3) is 0.647. The quantitative estimate of drug-likeness (QED) is 0.156. The van der Waals surface area contributed by atoms with Crippen LogP contribution >= 0.6 is 25.3 Å². The van der Waals surface area contributed by atoms with E-state index in [1.807, 2.05) is 0 Å². The van der Waals surface area contributed by atoms with E-state index >= 15 is 0 Å². The fourth-order valence-electron chi connectivity index (χ4n) is 7.09. The van der Waals surface area contributed by atoms with Crippen LogP contribution in [0.4, 0.5) is 0 Å². The number of rotatable bonds is 12. The van der Waals surface area contributed by atoms with E-state index < -0.39 is 0 Å². The van der Waals surface area contributed by atoms with Crippen molar-refractivity contribution in [3.8, 4) is 11.5 Å². The van der Waals surface area contributed by atoms with Crippen molar-refractivity contribution in [2.75, 3.05) is 0 Å². The minimum absolute atomic E-state index is 0.0606. The van der Waals surface area contributed by atoms with Gasteiger partial charge >= 0.3 is 0 Å². The standard InChI is InChI=1S/C34H50O2S2/c1-2-3-4-5-6-7-14-19-28(31-22-26(37)20-29(33(31)35)24-15-10-8-11-16-24)32-23-27(38)21-30(34(32)36)25-17-12-9-13-18-25/h20-25,28,35-38H,2-19H2,1H3. The van der Waals surface area contributed by atoms with E-state index in [4.69, 9.17) is 25.3 Å². The molecule has 4 heteroatoms. The Morgan fingerprint density at radius 3 is 1.50 bits per heavy atom. The van der Waals surface area contributed by atoms with Crippen LogP contribution in [-0.2, 0) is 0 Å². The molecule has 2 fully saturated rings. The first-order chi connectivity index (χ1) is 18.5. The highest BCUT2D eigenvalue weighted by Crippen LogP contribution is 2.48. The van der Waals surface area contributed by atoms with Gasteiger partial charge in [0.1, 0.15) is 11.5 Å². The Hall–Kier alpha value is -1.26. The van der Waals surface area contributed by atoms with Gasteiger partial charge in [-0.1, -0.05) is 90.4 Å². The molecule has 0 atom stereocenters. The van der Waals surface area contributed by atoms with Crippen molar-refractivity contribution in [2.45, 2.75) is 150 Å². The van der Waals surface area contributed by atoms with Crippen LogP contribution in [0, 0.1) is 0 Å². The van der Waals surface area contributed by atoms with Gasteiger partial charge in [-0.15, -0.1) is 25.3 Å². The third kappa shape index (κ3) is 7.68. The maximum atomic E-state index is 11.7. The summed E-state index contributed by atoms with van der Waals surface area (Å²) in [5, 5.41) is 23.5. The molecule has 0 spiro atoms. The fourth-order valence-corrected chi connectivity index (χ4v) is 7.65. The third-order valence-electron chi connectivity index (χ3n) is 9.24. The second-order valence-corrected chi connectivity index (χ2v) is 13.1. The summed E-state index contributed by atoms with van der Waals surface area (Å²) in [6.07, 6.45) is 21.7. The lowest BCUT2D eigenvalue weighted by atomic mass is 9.78. The number of hydrogen-bond donors (Lipinski definition) is 4. The molecule has 210 valence electrons. The third-order valence-corrected chi connectivity index (χ3v) is 9.76. The lowest BCUT2D eigenvalue weighted by Gasteiger charge is -2.29. The van der Waals surface area contributed by atoms with Crippen molar-refractivity contribution in [3.63, 3.8) is 0 Å². The number of phenols is 2. The number of hydrogen-bond acceptors (Lipinski definition) is 4. The molecular formula is C34H50O2S2. The molecule has 2 nitrogen and oxygen atoms in total. The van der Waals surface area contributed by atoms with Gasteiger partial charge in [-0.05, 0) is 79.3 Å². The second-order valence-electron chi connectivity index (χ2n) is 12.1. The van der Waals surface area contributed by atoms with Gasteiger partial charge in [-0.25, -0.2) is 0 Å². The normalized spacial score (nSPS) is 17.4. The van der Waals surface area contributed by atoms with Crippen molar-refractivity contribution < 1.29 is 10.2 Å². The molecule has 0 unspecified atom stereocenters. The summed E-state index contributed by atoms with van der Waals surface area (Å²) in [6.45, 7) is 2.26. The predicted molar refractivity (Wildman–Crippen MR) is 167 cm³/mol. The Kier molecular flexibility index (Phi) is 11.7. The first-order valence-electron chi connectivity index (χ1n) is 15.6. The summed E-state index contributed by atoms with van der Waals surface area (Å²) in [4.78, 5) is 1.83. The molecule has 2 aliphatic rings. The Morgan fingerprint density at radius 2 is 1.05 bits per heavy atom. The molecule has 0 bridgehead atoms. The Balaban J connectivity index is 1.68. The van der Waals surface area contributed by atoms with Crippen LogP contribution in [0.5, 0.6) is 11.5 Å². The summed E-state index contributed by atoms with van der Waals surface area (Å²) >= 11 is 9.63. The van der Waals surface area contributed by atoms with Crippen LogP contribution in [0.2, 0.25) is 0 Å². The van der Waals surface area contributed by atoms with E-state index in [0.717, 1.165) is 70.6 Å². The Labute approximate surface area is 242 Å². The van der Waals surface area contributed by atoms with Gasteiger partial charge in [-0.2, -0.15) is 0 Å². The number of unbranched alkanes of at least 4 members (excludes halogenated alkanes) is 6. The van der Waals surface area contributed by atoms with Crippen LogP contribution in [-0.4, -0.2) is 10.2 Å². The van der Waals surface area contributed by atoms with Crippen LogP contribution in [0.15, 0.2) is 34.1 Å². The molecular weight excluding hydrogens is 505 g/mol. The van der Waals surface area contributed by atoms with Crippen molar-refractivity contribution in [1.82, 2.24) is 0 Å². The van der Waals surface area contributed by atoms with E-state index in [0.29, 0.717) is 23.3 Å². The molecule has 2 aliphatic carbocycles. The largest absolute Gasteiger partial charge is 0.507 e. The van der Waals surface area contributed by atoms with E-state index in [9.17, 15) is 10.2 Å². The molecule has 0 amide bonds. The van der Waals surface area contributed by atoms with Crippen LogP contribution < -0.4 is 0 Å². The number of thiol groups is 2. The second kappa shape index (κ2) is 14.9. The summed E-state index contributed by atoms with van der Waals surface area (Å²) in [5.74, 6) is 1.61. The molecule has 2 aromatic carbocycles. The predicted octanol–water partition coefficient (Wildman–Crippen LogP) is 11.0. The summed E-state index contributed by atoms with van der Waals surface area (Å²) in [7, 11) is 0. The van der Waals surface area contributed by atoms with Crippen LogP contribution in [0.3, 0.4) is 0 Å². The molecule has 2 N–H and O–H groups in total. The monoisotopic (exact) mass is 554 g/mol. The van der Waals surface area contributed by atoms with Crippen LogP contribution in [0.1, 0.15) is 163 Å². The van der Waals surface area contributed by atoms with Crippen molar-refractivity contribution in [1.29, 1.82) is 0 Å². The molecule has 0 aromatic heterocycles. The molecule has 0 aliphatic heterocycles. The molecule has 0 radical (unpaired) electrons. The van der Waals surface area contributed by atoms with Crippen molar-refractivity contribution >= 4 is 25.3 Å². The molecule has 0 saturated heterocycles. The smallest absolute Gasteiger partial charge is 0.122 e. The van der Waals surface area contributed by atoms with Crippen LogP contribution in [0.25, 0.3) is 0 Å². The lowest BCUT2D eigenvalue weighted by molar-refractivity contribution is 0.401. The Morgan fingerprint density at radius 1 is 0.632 bits per heavy atom. The van der Waals surface area contributed by atoms with Gasteiger partial charge in [0, 0.05) is 26.8 Å². The highest BCUT2D eigenvalue weighted by atomic mass is 32.1. The summed E-state index contributed by atoms with van der Waals surface area (Å²) in [6, 6.07) is 8.29. The molecule has 4 rings (SSSR count). The number of benzene rings is 2. The van der Waals surface area contributed by atoms with E-state index in [1.165, 1.54) is 77.0 Å². The van der Waals surface area contributed by atoms with Gasteiger partial charge in [0.25, 0.3) is 0 Å². The van der Waals surface area contributed by atoms with Gasteiger partial charge in [-0.3, -0.25) is 0 Å². The van der Waals surface area contributed by atoms with Crippen molar-refractivity contribution in [3.05, 3.63) is 46.5 Å². The van der Waals surface area contributed by atoms with E-state index in [-0.39, 0.29) is 5.92 Å². The first kappa shape index (κ1) is 29.7.